The van der Waals surface area contributed by atoms with Gasteiger partial charge in [0.2, 0.25) is 0 Å². The van der Waals surface area contributed by atoms with Gasteiger partial charge >= 0.3 is 0 Å². The number of hydrogen-bond donors (Lipinski definition) is 3. The Labute approximate surface area is 61.3 Å². The molecule has 1 nitrogen and oxygen atoms in total. The summed E-state index contributed by atoms with van der Waals surface area (Å²) in [5.74, 6) is 0. The minimum absolute atomic E-state index is 0.0309. The summed E-state index contributed by atoms with van der Waals surface area (Å²) in [6.07, 6.45) is 0.956. The average Bonchev–Trinajstić information content (AvgIpc) is 1.84. The lowest BCUT2D eigenvalue weighted by Gasteiger charge is -2.12. The van der Waals surface area contributed by atoms with Crippen molar-refractivity contribution in [1.29, 1.82) is 0 Å². The Hall–Kier alpha value is 0.660. The predicted molar refractivity (Wildman–Crippen MR) is 42.9 cm³/mol. The SMILES string of the molecule is CCC(S)C(S)CO. The summed E-state index contributed by atoms with van der Waals surface area (Å²) >= 11 is 8.25. The lowest BCUT2D eigenvalue weighted by atomic mass is 10.2. The van der Waals surface area contributed by atoms with Crippen LogP contribution < -0.4 is 0 Å². The van der Waals surface area contributed by atoms with E-state index in [1.165, 1.54) is 0 Å². The Balaban J connectivity index is 3.29. The van der Waals surface area contributed by atoms with Gasteiger partial charge in [-0.05, 0) is 6.42 Å². The molecule has 0 aliphatic heterocycles. The van der Waals surface area contributed by atoms with Gasteiger partial charge in [-0.15, -0.1) is 0 Å². The average molecular weight is 152 g/mol. The lowest BCUT2D eigenvalue weighted by molar-refractivity contribution is 0.293. The summed E-state index contributed by atoms with van der Waals surface area (Å²) in [6, 6.07) is 0. The van der Waals surface area contributed by atoms with Crippen molar-refractivity contribution in [3.05, 3.63) is 0 Å². The van der Waals surface area contributed by atoms with Crippen molar-refractivity contribution in [2.45, 2.75) is 23.8 Å². The number of hydrogen-bond acceptors (Lipinski definition) is 3. The largest absolute Gasteiger partial charge is 0.395 e. The highest BCUT2D eigenvalue weighted by Gasteiger charge is 2.08. The van der Waals surface area contributed by atoms with Gasteiger partial charge in [-0.3, -0.25) is 0 Å². The molecule has 1 N–H and O–H groups in total. The monoisotopic (exact) mass is 152 g/mol. The predicted octanol–water partition coefficient (Wildman–Crippen LogP) is 0.985. The molecule has 0 saturated carbocycles. The van der Waals surface area contributed by atoms with E-state index in [1.54, 1.807) is 0 Å². The van der Waals surface area contributed by atoms with Crippen LogP contribution in [-0.4, -0.2) is 22.2 Å². The number of thiol groups is 2. The molecule has 0 rings (SSSR count). The van der Waals surface area contributed by atoms with Crippen LogP contribution in [0.25, 0.3) is 0 Å². The fourth-order valence-electron chi connectivity index (χ4n) is 0.394. The minimum atomic E-state index is 0.0309. The highest BCUT2D eigenvalue weighted by atomic mass is 32.1. The molecule has 0 spiro atoms. The molecule has 2 unspecified atom stereocenters. The van der Waals surface area contributed by atoms with Crippen molar-refractivity contribution >= 4 is 25.3 Å². The van der Waals surface area contributed by atoms with Gasteiger partial charge in [-0.1, -0.05) is 6.92 Å². The first-order valence-electron chi connectivity index (χ1n) is 2.69. The number of aliphatic hydroxyl groups is 1. The highest BCUT2D eigenvalue weighted by molar-refractivity contribution is 7.85. The van der Waals surface area contributed by atoms with Crippen LogP contribution in [0.15, 0.2) is 0 Å². The quantitative estimate of drug-likeness (QED) is 0.515. The lowest BCUT2D eigenvalue weighted by Crippen LogP contribution is -2.17. The van der Waals surface area contributed by atoms with Gasteiger partial charge in [0.25, 0.3) is 0 Å². The molecule has 0 aliphatic carbocycles. The Morgan fingerprint density at radius 3 is 2.00 bits per heavy atom. The normalized spacial score (nSPS) is 18.0. The summed E-state index contributed by atoms with van der Waals surface area (Å²) < 4.78 is 0. The van der Waals surface area contributed by atoms with Gasteiger partial charge in [0.05, 0.1) is 6.61 Å². The molecule has 0 heterocycles. The zero-order chi connectivity index (χ0) is 6.57. The molecule has 0 amide bonds. The van der Waals surface area contributed by atoms with Gasteiger partial charge in [0.15, 0.2) is 0 Å². The molecule has 2 atom stereocenters. The van der Waals surface area contributed by atoms with Gasteiger partial charge < -0.3 is 5.11 Å². The van der Waals surface area contributed by atoms with Crippen LogP contribution in [0.2, 0.25) is 0 Å². The van der Waals surface area contributed by atoms with Crippen LogP contribution in [0.1, 0.15) is 13.3 Å². The van der Waals surface area contributed by atoms with E-state index >= 15 is 0 Å². The first kappa shape index (κ1) is 8.66. The second-order valence-corrected chi connectivity index (χ2v) is 3.05. The molecule has 0 aromatic carbocycles. The van der Waals surface area contributed by atoms with Crippen LogP contribution in [0, 0.1) is 0 Å². The number of rotatable bonds is 3. The molecule has 3 heteroatoms. The molecular formula is C5H12OS2. The summed E-state index contributed by atoms with van der Waals surface area (Å²) in [4.78, 5) is 0. The molecule has 0 fully saturated rings. The van der Waals surface area contributed by atoms with Crippen molar-refractivity contribution in [2.24, 2.45) is 0 Å². The first-order valence-corrected chi connectivity index (χ1v) is 3.72. The van der Waals surface area contributed by atoms with E-state index in [1.807, 2.05) is 6.92 Å². The fraction of sp³-hybridized carbons (Fsp3) is 1.00. The summed E-state index contributed by atoms with van der Waals surface area (Å²) in [7, 11) is 0. The van der Waals surface area contributed by atoms with E-state index in [-0.39, 0.29) is 17.1 Å². The summed E-state index contributed by atoms with van der Waals surface area (Å²) in [6.45, 7) is 2.14. The van der Waals surface area contributed by atoms with Crippen LogP contribution >= 0.6 is 25.3 Å². The summed E-state index contributed by atoms with van der Waals surface area (Å²) in [5.41, 5.74) is 0. The van der Waals surface area contributed by atoms with Crippen molar-refractivity contribution in [2.75, 3.05) is 6.61 Å². The molecule has 50 valence electrons. The fourth-order valence-corrected chi connectivity index (χ4v) is 0.699. The third-order valence-electron chi connectivity index (χ3n) is 1.05. The molecule has 0 aromatic rings. The Morgan fingerprint density at radius 1 is 1.38 bits per heavy atom. The van der Waals surface area contributed by atoms with Crippen molar-refractivity contribution in [3.63, 3.8) is 0 Å². The van der Waals surface area contributed by atoms with Crippen LogP contribution in [0.5, 0.6) is 0 Å². The maximum Gasteiger partial charge on any atom is 0.0558 e. The van der Waals surface area contributed by atoms with Crippen LogP contribution in [-0.2, 0) is 0 Å². The van der Waals surface area contributed by atoms with E-state index in [0.29, 0.717) is 0 Å². The van der Waals surface area contributed by atoms with Gasteiger partial charge in [-0.2, -0.15) is 25.3 Å². The standard InChI is InChI=1S/C5H12OS2/c1-2-4(7)5(8)3-6/h4-8H,2-3H2,1H3. The van der Waals surface area contributed by atoms with Crippen molar-refractivity contribution in [1.82, 2.24) is 0 Å². The van der Waals surface area contributed by atoms with Crippen molar-refractivity contribution in [3.8, 4) is 0 Å². The third-order valence-corrected chi connectivity index (χ3v) is 2.53. The van der Waals surface area contributed by atoms with Crippen molar-refractivity contribution < 1.29 is 5.11 Å². The van der Waals surface area contributed by atoms with Crippen LogP contribution in [0.4, 0.5) is 0 Å². The topological polar surface area (TPSA) is 20.2 Å². The number of aliphatic hydroxyl groups excluding tert-OH is 1. The molecule has 0 bridgehead atoms. The Morgan fingerprint density at radius 2 is 1.88 bits per heavy atom. The maximum atomic E-state index is 8.51. The first-order chi connectivity index (χ1) is 3.72. The van der Waals surface area contributed by atoms with Gasteiger partial charge in [-0.25, -0.2) is 0 Å². The molecule has 8 heavy (non-hydrogen) atoms. The zero-order valence-electron chi connectivity index (χ0n) is 4.91. The van der Waals surface area contributed by atoms with Crippen LogP contribution in [0.3, 0.4) is 0 Å². The van der Waals surface area contributed by atoms with Gasteiger partial charge in [0.1, 0.15) is 0 Å². The highest BCUT2D eigenvalue weighted by Crippen LogP contribution is 2.10. The Bertz CT molecular complexity index is 50.4. The summed E-state index contributed by atoms with van der Waals surface area (Å²) in [5, 5.41) is 8.77. The Kier molecular flexibility index (Phi) is 4.90. The third kappa shape index (κ3) is 2.84. The second kappa shape index (κ2) is 4.53. The zero-order valence-corrected chi connectivity index (χ0v) is 6.70. The smallest absolute Gasteiger partial charge is 0.0558 e. The van der Waals surface area contributed by atoms with E-state index in [0.717, 1.165) is 6.42 Å². The maximum absolute atomic E-state index is 8.51. The van der Waals surface area contributed by atoms with Gasteiger partial charge in [0, 0.05) is 10.5 Å². The second-order valence-electron chi connectivity index (χ2n) is 1.73. The van der Waals surface area contributed by atoms with E-state index in [2.05, 4.69) is 25.3 Å². The van der Waals surface area contributed by atoms with E-state index in [4.69, 9.17) is 5.11 Å². The van der Waals surface area contributed by atoms with E-state index in [9.17, 15) is 0 Å². The molecule has 0 radical (unpaired) electrons. The minimum Gasteiger partial charge on any atom is -0.395 e. The molecule has 0 aromatic heterocycles. The molecule has 0 aliphatic rings. The molecular weight excluding hydrogens is 140 g/mol. The van der Waals surface area contributed by atoms with E-state index < -0.39 is 0 Å². The molecule has 0 saturated heterocycles.